The molecule has 0 bridgehead atoms. The molecular weight excluding hydrogens is 382 g/mol. The van der Waals surface area contributed by atoms with E-state index in [9.17, 15) is 15.3 Å². The Morgan fingerprint density at radius 2 is 1.86 bits per heavy atom. The number of pyridine rings is 1. The van der Waals surface area contributed by atoms with Crippen LogP contribution in [0.25, 0.3) is 11.6 Å². The number of phenolic OH excluding ortho intramolecular Hbond substituents is 1. The second-order valence-corrected chi connectivity index (χ2v) is 7.83. The predicted octanol–water partition coefficient (Wildman–Crippen LogP) is 5.07. The van der Waals surface area contributed by atoms with E-state index >= 15 is 0 Å². The van der Waals surface area contributed by atoms with Gasteiger partial charge in [-0.1, -0.05) is 30.3 Å². The number of phenols is 1. The van der Waals surface area contributed by atoms with Gasteiger partial charge in [0.2, 0.25) is 0 Å². The smallest absolute Gasteiger partial charge is 0.115 e. The van der Waals surface area contributed by atoms with Crippen LogP contribution in [0.5, 0.6) is 5.75 Å². The third-order valence-corrected chi connectivity index (χ3v) is 5.80. The highest BCUT2D eigenvalue weighted by Gasteiger charge is 2.26. The molecule has 3 aromatic rings. The average Bonchev–Trinajstić information content (AvgIpc) is 3.28. The Balaban J connectivity index is 1.77. The molecule has 5 heteroatoms. The van der Waals surface area contributed by atoms with Crippen molar-refractivity contribution in [2.24, 2.45) is 5.92 Å². The molecule has 1 aromatic carbocycles. The second kappa shape index (κ2) is 10.2. The van der Waals surface area contributed by atoms with Gasteiger partial charge in [-0.2, -0.15) is 0 Å². The zero-order chi connectivity index (χ0) is 20.6. The van der Waals surface area contributed by atoms with Crippen molar-refractivity contribution in [1.29, 1.82) is 0 Å². The van der Waals surface area contributed by atoms with Gasteiger partial charge in [-0.3, -0.25) is 4.98 Å². The SMILES string of the molecule is C=C[C@H]([C@H](O)CC/C(=C/c1ccc(O)cc1)c1ccccn1)[C@H](O)c1cccs1. The number of aliphatic hydroxyl groups is 2. The number of hydrogen-bond donors (Lipinski definition) is 3. The Bertz CT molecular complexity index is 921. The minimum atomic E-state index is -0.776. The van der Waals surface area contributed by atoms with Crippen molar-refractivity contribution < 1.29 is 15.3 Å². The van der Waals surface area contributed by atoms with E-state index in [1.54, 1.807) is 24.4 Å². The topological polar surface area (TPSA) is 73.6 Å². The Morgan fingerprint density at radius 1 is 1.07 bits per heavy atom. The lowest BCUT2D eigenvalue weighted by atomic mass is 9.90. The number of thiophene rings is 1. The molecule has 3 atom stereocenters. The van der Waals surface area contributed by atoms with E-state index in [4.69, 9.17) is 0 Å². The Morgan fingerprint density at radius 3 is 2.48 bits per heavy atom. The molecule has 0 fully saturated rings. The first-order chi connectivity index (χ1) is 14.1. The molecule has 0 radical (unpaired) electrons. The fraction of sp³-hybridized carbons (Fsp3) is 0.208. The molecule has 2 aromatic heterocycles. The van der Waals surface area contributed by atoms with Gasteiger partial charge in [0.15, 0.2) is 0 Å². The van der Waals surface area contributed by atoms with Crippen LogP contribution < -0.4 is 0 Å². The first kappa shape index (κ1) is 21.0. The molecule has 3 rings (SSSR count). The standard InChI is InChI=1S/C24H25NO3S/c1-2-20(24(28)23-7-5-15-29-23)22(27)13-10-18(21-6-3-4-14-25-21)16-17-8-11-19(26)12-9-17/h2-9,11-12,14-16,20,22,24,26-28H,1,10,13H2/b18-16-/t20-,22-,24+/m1/s1. The zero-order valence-corrected chi connectivity index (χ0v) is 16.9. The molecule has 0 aliphatic carbocycles. The van der Waals surface area contributed by atoms with Crippen LogP contribution >= 0.6 is 11.3 Å². The fourth-order valence-corrected chi connectivity index (χ4v) is 4.01. The average molecular weight is 408 g/mol. The van der Waals surface area contributed by atoms with E-state index in [-0.39, 0.29) is 5.75 Å². The molecule has 0 unspecified atom stereocenters. The minimum Gasteiger partial charge on any atom is -0.508 e. The first-order valence-electron chi connectivity index (χ1n) is 9.51. The lowest BCUT2D eigenvalue weighted by Crippen LogP contribution is -2.24. The van der Waals surface area contributed by atoms with Crippen LogP contribution in [0, 0.1) is 5.92 Å². The van der Waals surface area contributed by atoms with Gasteiger partial charge in [-0.25, -0.2) is 0 Å². The van der Waals surface area contributed by atoms with Crippen LogP contribution in [0.2, 0.25) is 0 Å². The van der Waals surface area contributed by atoms with Crippen LogP contribution in [0.4, 0.5) is 0 Å². The van der Waals surface area contributed by atoms with Crippen molar-refractivity contribution in [2.75, 3.05) is 0 Å². The van der Waals surface area contributed by atoms with Gasteiger partial charge in [-0.05, 0) is 65.8 Å². The van der Waals surface area contributed by atoms with Gasteiger partial charge < -0.3 is 15.3 Å². The molecular formula is C24H25NO3S. The molecule has 0 amide bonds. The summed E-state index contributed by atoms with van der Waals surface area (Å²) in [6, 6.07) is 16.4. The summed E-state index contributed by atoms with van der Waals surface area (Å²) in [5, 5.41) is 32.8. The monoisotopic (exact) mass is 407 g/mol. The van der Waals surface area contributed by atoms with Gasteiger partial charge in [0.1, 0.15) is 5.75 Å². The lowest BCUT2D eigenvalue weighted by Gasteiger charge is -2.24. The van der Waals surface area contributed by atoms with Crippen molar-refractivity contribution in [2.45, 2.75) is 25.0 Å². The largest absolute Gasteiger partial charge is 0.508 e. The van der Waals surface area contributed by atoms with Crippen LogP contribution in [0.1, 0.15) is 35.1 Å². The van der Waals surface area contributed by atoms with Crippen molar-refractivity contribution in [3.05, 3.63) is 95.0 Å². The van der Waals surface area contributed by atoms with E-state index < -0.39 is 18.1 Å². The number of benzene rings is 1. The molecule has 2 heterocycles. The maximum Gasteiger partial charge on any atom is 0.115 e. The van der Waals surface area contributed by atoms with E-state index in [1.165, 1.54) is 11.3 Å². The minimum absolute atomic E-state index is 0.216. The summed E-state index contributed by atoms with van der Waals surface area (Å²) in [7, 11) is 0. The highest BCUT2D eigenvalue weighted by atomic mass is 32.1. The van der Waals surface area contributed by atoms with E-state index in [0.29, 0.717) is 12.8 Å². The van der Waals surface area contributed by atoms with Crippen molar-refractivity contribution >= 4 is 23.0 Å². The van der Waals surface area contributed by atoms with E-state index in [0.717, 1.165) is 21.7 Å². The third kappa shape index (κ3) is 5.64. The normalized spacial score (nSPS) is 14.9. The van der Waals surface area contributed by atoms with Gasteiger partial charge >= 0.3 is 0 Å². The molecule has 0 saturated heterocycles. The van der Waals surface area contributed by atoms with Crippen molar-refractivity contribution in [1.82, 2.24) is 4.98 Å². The quantitative estimate of drug-likeness (QED) is 0.433. The maximum atomic E-state index is 10.8. The molecule has 0 saturated carbocycles. The number of aromatic nitrogens is 1. The molecule has 4 nitrogen and oxygen atoms in total. The van der Waals surface area contributed by atoms with Gasteiger partial charge in [0.25, 0.3) is 0 Å². The summed E-state index contributed by atoms with van der Waals surface area (Å²) in [4.78, 5) is 5.26. The van der Waals surface area contributed by atoms with Crippen LogP contribution in [-0.2, 0) is 0 Å². The molecule has 29 heavy (non-hydrogen) atoms. The number of rotatable bonds is 9. The van der Waals surface area contributed by atoms with Gasteiger partial charge in [-0.15, -0.1) is 17.9 Å². The molecule has 0 aliphatic rings. The number of aromatic hydroxyl groups is 1. The Hall–Kier alpha value is -2.73. The number of hydrogen-bond acceptors (Lipinski definition) is 5. The molecule has 0 spiro atoms. The maximum absolute atomic E-state index is 10.8. The first-order valence-corrected chi connectivity index (χ1v) is 10.4. The molecule has 3 N–H and O–H groups in total. The summed E-state index contributed by atoms with van der Waals surface area (Å²) in [6.45, 7) is 3.81. The lowest BCUT2D eigenvalue weighted by molar-refractivity contribution is 0.0343. The van der Waals surface area contributed by atoms with Gasteiger partial charge in [0.05, 0.1) is 17.9 Å². The summed E-state index contributed by atoms with van der Waals surface area (Å²) >= 11 is 1.47. The summed E-state index contributed by atoms with van der Waals surface area (Å²) < 4.78 is 0. The number of nitrogens with zero attached hydrogens (tertiary/aromatic N) is 1. The van der Waals surface area contributed by atoms with E-state index in [1.807, 2.05) is 53.9 Å². The highest BCUT2D eigenvalue weighted by Crippen LogP contribution is 2.32. The summed E-state index contributed by atoms with van der Waals surface area (Å²) in [6.07, 6.45) is 4.90. The van der Waals surface area contributed by atoms with Crippen LogP contribution in [-0.4, -0.2) is 26.4 Å². The van der Waals surface area contributed by atoms with Crippen molar-refractivity contribution in [3.63, 3.8) is 0 Å². The third-order valence-electron chi connectivity index (χ3n) is 4.85. The van der Waals surface area contributed by atoms with Gasteiger partial charge in [0, 0.05) is 17.0 Å². The number of allylic oxidation sites excluding steroid dienone is 1. The molecule has 150 valence electrons. The fourth-order valence-electron chi connectivity index (χ4n) is 3.24. The Labute approximate surface area is 175 Å². The number of aliphatic hydroxyl groups excluding tert-OH is 2. The Kier molecular flexibility index (Phi) is 7.36. The van der Waals surface area contributed by atoms with Crippen LogP contribution in [0.3, 0.4) is 0 Å². The van der Waals surface area contributed by atoms with E-state index in [2.05, 4.69) is 11.6 Å². The molecule has 0 aliphatic heterocycles. The second-order valence-electron chi connectivity index (χ2n) is 6.86. The predicted molar refractivity (Wildman–Crippen MR) is 118 cm³/mol. The highest BCUT2D eigenvalue weighted by molar-refractivity contribution is 7.10. The zero-order valence-electron chi connectivity index (χ0n) is 16.1. The van der Waals surface area contributed by atoms with Crippen molar-refractivity contribution in [3.8, 4) is 5.75 Å². The van der Waals surface area contributed by atoms with Crippen LogP contribution in [0.15, 0.2) is 78.8 Å². The summed E-state index contributed by atoms with van der Waals surface area (Å²) in [5.41, 5.74) is 2.75. The summed E-state index contributed by atoms with van der Waals surface area (Å²) in [5.74, 6) is -0.236.